The number of ketones is 2. The molecule has 0 radical (unpaired) electrons. The Morgan fingerprint density at radius 2 is 1.88 bits per heavy atom. The summed E-state index contributed by atoms with van der Waals surface area (Å²) in [6.45, 7) is 0. The van der Waals surface area contributed by atoms with E-state index in [-0.39, 0.29) is 11.3 Å². The molecule has 0 unspecified atom stereocenters. The number of oxime groups is 1. The highest BCUT2D eigenvalue weighted by Crippen LogP contribution is 2.23. The molecule has 0 fully saturated rings. The first kappa shape index (κ1) is 11.3. The van der Waals surface area contributed by atoms with E-state index in [1.807, 2.05) is 0 Å². The molecule has 6 nitrogen and oxygen atoms in total. The van der Waals surface area contributed by atoms with Crippen molar-refractivity contribution in [3.63, 3.8) is 0 Å². The first-order chi connectivity index (χ1) is 8.04. The number of carbonyl (C=O) groups is 3. The first-order valence-electron chi connectivity index (χ1n) is 4.46. The second kappa shape index (κ2) is 3.99. The molecule has 1 amide bonds. The first-order valence-corrected chi connectivity index (χ1v) is 4.84. The number of Topliss-reactive ketones (excluding diaryl/α,β-unsaturated/α-hetero) is 2. The Morgan fingerprint density at radius 3 is 2.53 bits per heavy atom. The smallest absolute Gasteiger partial charge is 0.281 e. The van der Waals surface area contributed by atoms with Gasteiger partial charge in [0.25, 0.3) is 11.7 Å². The molecular formula is C10H5ClN2O4. The van der Waals surface area contributed by atoms with Crippen molar-refractivity contribution in [3.8, 4) is 0 Å². The Morgan fingerprint density at radius 1 is 1.18 bits per heavy atom. The van der Waals surface area contributed by atoms with Crippen LogP contribution < -0.4 is 5.32 Å². The number of rotatable bonds is 0. The highest BCUT2D eigenvalue weighted by molar-refractivity contribution is 6.83. The molecule has 0 saturated carbocycles. The number of hydrogen-bond acceptors (Lipinski definition) is 5. The van der Waals surface area contributed by atoms with E-state index >= 15 is 0 Å². The summed E-state index contributed by atoms with van der Waals surface area (Å²) in [5, 5.41) is 13.6. The molecule has 1 aromatic rings. The van der Waals surface area contributed by atoms with Gasteiger partial charge in [-0.05, 0) is 18.2 Å². The number of fused-ring (bicyclic) bond motifs is 1. The maximum absolute atomic E-state index is 11.7. The van der Waals surface area contributed by atoms with Crippen LogP contribution in [0.2, 0.25) is 5.02 Å². The van der Waals surface area contributed by atoms with Gasteiger partial charge in [0.15, 0.2) is 0 Å². The third kappa shape index (κ3) is 1.78. The summed E-state index contributed by atoms with van der Waals surface area (Å²) in [6, 6.07) is 4.07. The monoisotopic (exact) mass is 252 g/mol. The number of benzene rings is 1. The van der Waals surface area contributed by atoms with Crippen molar-refractivity contribution in [2.75, 3.05) is 5.32 Å². The number of nitrogens with zero attached hydrogens (tertiary/aromatic N) is 1. The molecule has 0 saturated heterocycles. The summed E-state index contributed by atoms with van der Waals surface area (Å²) in [7, 11) is 0. The van der Waals surface area contributed by atoms with Crippen molar-refractivity contribution < 1.29 is 19.6 Å². The highest BCUT2D eigenvalue weighted by atomic mass is 35.5. The average Bonchev–Trinajstić information content (AvgIpc) is 2.36. The molecule has 0 spiro atoms. The standard InChI is InChI=1S/C10H5ClN2O4/c11-4-1-2-5-6(3-4)12-10(16)7(13-17)9(15)8(5)14/h1-3,17H,(H,12,16)/b13-7+. The van der Waals surface area contributed by atoms with Crippen LogP contribution in [0.15, 0.2) is 23.4 Å². The van der Waals surface area contributed by atoms with Crippen LogP contribution in [0.1, 0.15) is 10.4 Å². The Labute approximate surface area is 99.9 Å². The summed E-state index contributed by atoms with van der Waals surface area (Å²) in [4.78, 5) is 34.6. The van der Waals surface area contributed by atoms with Crippen LogP contribution in [0.5, 0.6) is 0 Å². The second-order valence-corrected chi connectivity index (χ2v) is 3.69. The van der Waals surface area contributed by atoms with Crippen molar-refractivity contribution in [3.05, 3.63) is 28.8 Å². The summed E-state index contributed by atoms with van der Waals surface area (Å²) < 4.78 is 0. The minimum absolute atomic E-state index is 0.00593. The summed E-state index contributed by atoms with van der Waals surface area (Å²) >= 11 is 5.70. The number of anilines is 1. The molecule has 0 aliphatic carbocycles. The molecule has 1 aliphatic heterocycles. The molecule has 0 aromatic heterocycles. The SMILES string of the molecule is O=C1Nc2cc(Cl)ccc2C(=O)C(=O)/C1=N\O. The number of carbonyl (C=O) groups excluding carboxylic acids is 3. The average molecular weight is 253 g/mol. The molecular weight excluding hydrogens is 248 g/mol. The molecule has 86 valence electrons. The van der Waals surface area contributed by atoms with Gasteiger partial charge in [-0.25, -0.2) is 0 Å². The lowest BCUT2D eigenvalue weighted by Gasteiger charge is -2.04. The number of nitrogens with one attached hydrogen (secondary N) is 1. The maximum Gasteiger partial charge on any atom is 0.281 e. The lowest BCUT2D eigenvalue weighted by atomic mass is 10.0. The molecule has 2 N–H and O–H groups in total. The fourth-order valence-corrected chi connectivity index (χ4v) is 1.60. The quantitative estimate of drug-likeness (QED) is 0.407. The van der Waals surface area contributed by atoms with Crippen LogP contribution >= 0.6 is 11.6 Å². The van der Waals surface area contributed by atoms with Crippen molar-refractivity contribution in [1.29, 1.82) is 0 Å². The number of hydrogen-bond donors (Lipinski definition) is 2. The van der Waals surface area contributed by atoms with Crippen LogP contribution in [0, 0.1) is 0 Å². The Hall–Kier alpha value is -2.21. The van der Waals surface area contributed by atoms with Crippen molar-refractivity contribution in [2.45, 2.75) is 0 Å². The van der Waals surface area contributed by atoms with E-state index in [0.29, 0.717) is 5.02 Å². The molecule has 0 atom stereocenters. The zero-order valence-corrected chi connectivity index (χ0v) is 8.99. The summed E-state index contributed by atoms with van der Waals surface area (Å²) in [5.41, 5.74) is -0.728. The molecule has 1 aromatic carbocycles. The van der Waals surface area contributed by atoms with Crippen molar-refractivity contribution in [2.24, 2.45) is 5.16 Å². The Kier molecular flexibility index (Phi) is 2.64. The van der Waals surface area contributed by atoms with Crippen molar-refractivity contribution in [1.82, 2.24) is 0 Å². The highest BCUT2D eigenvalue weighted by Gasteiger charge is 2.34. The lowest BCUT2D eigenvalue weighted by molar-refractivity contribution is -0.113. The van der Waals surface area contributed by atoms with Gasteiger partial charge in [-0.1, -0.05) is 16.8 Å². The van der Waals surface area contributed by atoms with Gasteiger partial charge in [0.05, 0.1) is 5.69 Å². The topological polar surface area (TPSA) is 95.8 Å². The van der Waals surface area contributed by atoms with Crippen LogP contribution in [0.4, 0.5) is 5.69 Å². The predicted molar refractivity (Wildman–Crippen MR) is 58.6 cm³/mol. The fourth-order valence-electron chi connectivity index (χ4n) is 1.42. The van der Waals surface area contributed by atoms with E-state index in [1.165, 1.54) is 18.2 Å². The molecule has 2 rings (SSSR count). The zero-order valence-electron chi connectivity index (χ0n) is 8.23. The maximum atomic E-state index is 11.7. The van der Waals surface area contributed by atoms with Gasteiger partial charge in [-0.15, -0.1) is 0 Å². The van der Waals surface area contributed by atoms with Gasteiger partial charge in [0.2, 0.25) is 11.5 Å². The molecule has 1 heterocycles. The zero-order chi connectivity index (χ0) is 12.6. The second-order valence-electron chi connectivity index (χ2n) is 3.25. The number of halogens is 1. The summed E-state index contributed by atoms with van der Waals surface area (Å²) in [5.74, 6) is -3.04. The molecule has 17 heavy (non-hydrogen) atoms. The normalized spacial score (nSPS) is 17.7. The van der Waals surface area contributed by atoms with Crippen LogP contribution in [0.25, 0.3) is 0 Å². The third-order valence-corrected chi connectivity index (χ3v) is 2.45. The van der Waals surface area contributed by atoms with E-state index in [4.69, 9.17) is 16.8 Å². The van der Waals surface area contributed by atoms with E-state index in [0.717, 1.165) is 0 Å². The van der Waals surface area contributed by atoms with Gasteiger partial charge >= 0.3 is 0 Å². The van der Waals surface area contributed by atoms with Gasteiger partial charge in [0, 0.05) is 10.6 Å². The van der Waals surface area contributed by atoms with E-state index < -0.39 is 23.2 Å². The minimum atomic E-state index is -1.16. The van der Waals surface area contributed by atoms with Gasteiger partial charge in [-0.2, -0.15) is 0 Å². The summed E-state index contributed by atoms with van der Waals surface area (Å²) in [6.07, 6.45) is 0. The predicted octanol–water partition coefficient (Wildman–Crippen LogP) is 0.874. The largest absolute Gasteiger partial charge is 0.410 e. The molecule has 0 bridgehead atoms. The van der Waals surface area contributed by atoms with Gasteiger partial charge in [-0.3, -0.25) is 14.4 Å². The third-order valence-electron chi connectivity index (χ3n) is 2.21. The van der Waals surface area contributed by atoms with Gasteiger partial charge < -0.3 is 10.5 Å². The van der Waals surface area contributed by atoms with Crippen LogP contribution in [-0.4, -0.2) is 28.4 Å². The van der Waals surface area contributed by atoms with E-state index in [1.54, 1.807) is 0 Å². The molecule has 1 aliphatic rings. The van der Waals surface area contributed by atoms with Crippen LogP contribution in [0.3, 0.4) is 0 Å². The van der Waals surface area contributed by atoms with E-state index in [9.17, 15) is 14.4 Å². The fraction of sp³-hybridized carbons (Fsp3) is 0. The minimum Gasteiger partial charge on any atom is -0.410 e. The lowest BCUT2D eigenvalue weighted by Crippen LogP contribution is -2.31. The van der Waals surface area contributed by atoms with E-state index in [2.05, 4.69) is 10.5 Å². The van der Waals surface area contributed by atoms with Gasteiger partial charge in [0.1, 0.15) is 0 Å². The van der Waals surface area contributed by atoms with Crippen LogP contribution in [-0.2, 0) is 9.59 Å². The Balaban J connectivity index is 2.64. The number of amides is 1. The Bertz CT molecular complexity index is 580. The molecule has 7 heteroatoms. The van der Waals surface area contributed by atoms with Crippen molar-refractivity contribution >= 4 is 40.5 Å².